The first kappa shape index (κ1) is 12.8. The first-order valence-electron chi connectivity index (χ1n) is 2.84. The standard InChI is InChI=1S/C4H6F3IN2O2S/c1-9-2-3-10(8)13(11,12)4(5,6)7/h2-3,9H,1H3/b3-2-. The lowest BCUT2D eigenvalue weighted by molar-refractivity contribution is -0.0457. The van der Waals surface area contributed by atoms with E-state index in [1.165, 1.54) is 7.05 Å². The zero-order valence-electron chi connectivity index (χ0n) is 6.34. The maximum absolute atomic E-state index is 11.8. The molecule has 9 heteroatoms. The predicted molar refractivity (Wildman–Crippen MR) is 49.0 cm³/mol. The van der Waals surface area contributed by atoms with Crippen LogP contribution < -0.4 is 5.32 Å². The molecule has 0 aliphatic heterocycles. The Kier molecular flexibility index (Phi) is 4.29. The third-order valence-corrected chi connectivity index (χ3v) is 3.92. The first-order valence-corrected chi connectivity index (χ1v) is 5.24. The molecular weight excluding hydrogens is 324 g/mol. The van der Waals surface area contributed by atoms with Gasteiger partial charge >= 0.3 is 15.5 Å². The molecule has 0 saturated heterocycles. The highest BCUT2D eigenvalue weighted by Gasteiger charge is 2.48. The molecule has 13 heavy (non-hydrogen) atoms. The van der Waals surface area contributed by atoms with E-state index >= 15 is 0 Å². The van der Waals surface area contributed by atoms with Gasteiger partial charge in [0.1, 0.15) is 0 Å². The van der Waals surface area contributed by atoms with Crippen LogP contribution in [0.1, 0.15) is 0 Å². The van der Waals surface area contributed by atoms with Crippen molar-refractivity contribution in [3.63, 3.8) is 0 Å². The quantitative estimate of drug-likeness (QED) is 0.625. The van der Waals surface area contributed by atoms with Gasteiger partial charge in [-0.3, -0.25) is 0 Å². The number of hydrogen-bond acceptors (Lipinski definition) is 3. The highest BCUT2D eigenvalue weighted by Crippen LogP contribution is 2.28. The molecule has 0 unspecified atom stereocenters. The Balaban J connectivity index is 4.77. The lowest BCUT2D eigenvalue weighted by Gasteiger charge is -2.13. The van der Waals surface area contributed by atoms with Gasteiger partial charge in [0.05, 0.1) is 22.9 Å². The van der Waals surface area contributed by atoms with E-state index in [-0.39, 0.29) is 2.52 Å². The lowest BCUT2D eigenvalue weighted by Crippen LogP contribution is -2.31. The van der Waals surface area contributed by atoms with Crippen LogP contribution in [0.4, 0.5) is 13.2 Å². The molecule has 0 bridgehead atoms. The predicted octanol–water partition coefficient (Wildman–Crippen LogP) is 1.18. The Morgan fingerprint density at radius 2 is 1.92 bits per heavy atom. The third kappa shape index (κ3) is 3.21. The molecule has 0 rings (SSSR count). The second-order valence-corrected chi connectivity index (χ2v) is 5.30. The number of rotatable bonds is 3. The summed E-state index contributed by atoms with van der Waals surface area (Å²) in [6.45, 7) is 0. The average Bonchev–Trinajstić information content (AvgIpc) is 1.97. The summed E-state index contributed by atoms with van der Waals surface area (Å²) in [6, 6.07) is 0. The fourth-order valence-electron chi connectivity index (χ4n) is 0.312. The maximum Gasteiger partial charge on any atom is 0.517 e. The molecule has 0 saturated carbocycles. The van der Waals surface area contributed by atoms with Gasteiger partial charge in [-0.25, -0.2) is 2.52 Å². The number of nitrogens with one attached hydrogen (secondary N) is 1. The third-order valence-electron chi connectivity index (χ3n) is 0.881. The van der Waals surface area contributed by atoms with Gasteiger partial charge < -0.3 is 5.32 Å². The van der Waals surface area contributed by atoms with Gasteiger partial charge in [-0.1, -0.05) is 0 Å². The first-order chi connectivity index (χ1) is 5.73. The normalized spacial score (nSPS) is 13.3. The second kappa shape index (κ2) is 4.35. The SMILES string of the molecule is CN/C=C\N(I)S(=O)(=O)C(F)(F)F. The second-order valence-electron chi connectivity index (χ2n) is 1.80. The van der Waals surface area contributed by atoms with Crippen molar-refractivity contribution >= 4 is 32.9 Å². The summed E-state index contributed by atoms with van der Waals surface area (Å²) in [6.07, 6.45) is 1.82. The minimum absolute atomic E-state index is 0.0568. The van der Waals surface area contributed by atoms with Crippen LogP contribution in [0.25, 0.3) is 0 Å². The fraction of sp³-hybridized carbons (Fsp3) is 0.500. The van der Waals surface area contributed by atoms with Crippen molar-refractivity contribution in [3.8, 4) is 0 Å². The molecule has 78 valence electrons. The zero-order valence-corrected chi connectivity index (χ0v) is 9.31. The van der Waals surface area contributed by atoms with Gasteiger partial charge in [0.25, 0.3) is 0 Å². The Morgan fingerprint density at radius 1 is 1.46 bits per heavy atom. The molecule has 0 spiro atoms. The molecule has 0 aromatic rings. The van der Waals surface area contributed by atoms with E-state index < -0.39 is 15.5 Å². The van der Waals surface area contributed by atoms with Gasteiger partial charge in [0.15, 0.2) is 0 Å². The van der Waals surface area contributed by atoms with Gasteiger partial charge in [0, 0.05) is 19.4 Å². The van der Waals surface area contributed by atoms with Crippen LogP contribution >= 0.6 is 22.9 Å². The van der Waals surface area contributed by atoms with Crippen LogP contribution in [-0.2, 0) is 10.0 Å². The molecule has 0 atom stereocenters. The van der Waals surface area contributed by atoms with Crippen molar-refractivity contribution in [2.45, 2.75) is 5.51 Å². The Morgan fingerprint density at radius 3 is 2.23 bits per heavy atom. The van der Waals surface area contributed by atoms with Gasteiger partial charge in [0.2, 0.25) is 0 Å². The van der Waals surface area contributed by atoms with E-state index in [0.29, 0.717) is 0 Å². The molecular formula is C4H6F3IN2O2S. The summed E-state index contributed by atoms with van der Waals surface area (Å²) < 4.78 is 56.7. The van der Waals surface area contributed by atoms with Crippen molar-refractivity contribution < 1.29 is 21.6 Å². The zero-order chi connectivity index (χ0) is 10.7. The molecule has 0 heterocycles. The summed E-state index contributed by atoms with van der Waals surface area (Å²) in [5, 5.41) is 2.36. The van der Waals surface area contributed by atoms with Crippen molar-refractivity contribution in [1.82, 2.24) is 7.84 Å². The molecule has 0 fully saturated rings. The van der Waals surface area contributed by atoms with Crippen LogP contribution in [-0.4, -0.2) is 23.5 Å². The molecule has 0 aromatic carbocycles. The van der Waals surface area contributed by atoms with Crippen LogP contribution in [0.3, 0.4) is 0 Å². The number of sulfonamides is 1. The molecule has 0 aromatic heterocycles. The Labute approximate surface area is 87.3 Å². The summed E-state index contributed by atoms with van der Waals surface area (Å²) in [7, 11) is -3.82. The van der Waals surface area contributed by atoms with Crippen molar-refractivity contribution in [2.24, 2.45) is 0 Å². The highest BCUT2D eigenvalue weighted by atomic mass is 127. The number of hydrogen-bond donors (Lipinski definition) is 1. The molecule has 0 radical (unpaired) electrons. The molecule has 0 aliphatic carbocycles. The highest BCUT2D eigenvalue weighted by molar-refractivity contribution is 14.1. The van der Waals surface area contributed by atoms with Crippen LogP contribution in [0.2, 0.25) is 0 Å². The minimum Gasteiger partial charge on any atom is -0.393 e. The molecule has 0 aliphatic rings. The topological polar surface area (TPSA) is 49.4 Å². The van der Waals surface area contributed by atoms with Crippen LogP contribution in [0.5, 0.6) is 0 Å². The lowest BCUT2D eigenvalue weighted by atomic mass is 10.9. The molecule has 1 N–H and O–H groups in total. The average molecular weight is 330 g/mol. The van der Waals surface area contributed by atoms with E-state index in [1.54, 1.807) is 0 Å². The van der Waals surface area contributed by atoms with Gasteiger partial charge in [-0.2, -0.15) is 21.6 Å². The van der Waals surface area contributed by atoms with Crippen molar-refractivity contribution in [2.75, 3.05) is 7.05 Å². The monoisotopic (exact) mass is 330 g/mol. The van der Waals surface area contributed by atoms with E-state index in [9.17, 15) is 21.6 Å². The Bertz CT molecular complexity index is 286. The molecule has 4 nitrogen and oxygen atoms in total. The van der Waals surface area contributed by atoms with Crippen molar-refractivity contribution in [3.05, 3.63) is 12.4 Å². The largest absolute Gasteiger partial charge is 0.517 e. The summed E-state index contributed by atoms with van der Waals surface area (Å²) in [4.78, 5) is 0. The molecule has 0 amide bonds. The summed E-state index contributed by atoms with van der Waals surface area (Å²) in [5.74, 6) is 0. The summed E-state index contributed by atoms with van der Waals surface area (Å²) >= 11 is 1.03. The smallest absolute Gasteiger partial charge is 0.393 e. The van der Waals surface area contributed by atoms with E-state index in [0.717, 1.165) is 35.3 Å². The number of alkyl halides is 3. The maximum atomic E-state index is 11.8. The van der Waals surface area contributed by atoms with Crippen molar-refractivity contribution in [1.29, 1.82) is 0 Å². The number of halogens is 4. The summed E-state index contributed by atoms with van der Waals surface area (Å²) in [5.41, 5.74) is -5.27. The Hall–Kier alpha value is -0.190. The van der Waals surface area contributed by atoms with Gasteiger partial charge in [-0.15, -0.1) is 0 Å². The van der Waals surface area contributed by atoms with Gasteiger partial charge in [-0.05, 0) is 0 Å². The minimum atomic E-state index is -5.27. The van der Waals surface area contributed by atoms with Crippen LogP contribution in [0.15, 0.2) is 12.4 Å². The van der Waals surface area contributed by atoms with E-state index in [1.807, 2.05) is 0 Å². The fourth-order valence-corrected chi connectivity index (χ4v) is 1.56. The van der Waals surface area contributed by atoms with E-state index in [4.69, 9.17) is 0 Å². The van der Waals surface area contributed by atoms with E-state index in [2.05, 4.69) is 5.32 Å². The number of nitrogens with zero attached hydrogens (tertiary/aromatic N) is 1. The van der Waals surface area contributed by atoms with Crippen LogP contribution in [0, 0.1) is 0 Å².